The number of hydrogen-bond acceptors (Lipinski definition) is 8. The minimum absolute atomic E-state index is 0.0354. The highest BCUT2D eigenvalue weighted by Gasteiger charge is 2.24. The first kappa shape index (κ1) is 21.4. The maximum atomic E-state index is 13.5. The first-order valence-electron chi connectivity index (χ1n) is 10.9. The molecular weight excluding hydrogens is 443 g/mol. The van der Waals surface area contributed by atoms with E-state index in [-0.39, 0.29) is 5.02 Å². The second-order valence-electron chi connectivity index (χ2n) is 8.30. The van der Waals surface area contributed by atoms with Gasteiger partial charge in [0.2, 0.25) is 5.95 Å². The lowest BCUT2D eigenvalue weighted by Gasteiger charge is -2.31. The summed E-state index contributed by atoms with van der Waals surface area (Å²) in [5.74, 6) is 1.13. The van der Waals surface area contributed by atoms with E-state index in [1.54, 1.807) is 12.3 Å². The van der Waals surface area contributed by atoms with E-state index in [1.807, 2.05) is 12.1 Å². The Morgan fingerprint density at radius 3 is 2.76 bits per heavy atom. The Morgan fingerprint density at radius 1 is 1.15 bits per heavy atom. The van der Waals surface area contributed by atoms with Crippen LogP contribution in [0.5, 0.6) is 0 Å². The Hall–Kier alpha value is -3.46. The van der Waals surface area contributed by atoms with Crippen LogP contribution in [-0.2, 0) is 0 Å². The summed E-state index contributed by atoms with van der Waals surface area (Å²) in [7, 11) is 1.98. The topological polar surface area (TPSA) is 90.9 Å². The molecule has 3 N–H and O–H groups in total. The van der Waals surface area contributed by atoms with Crippen LogP contribution in [0.2, 0.25) is 5.02 Å². The molecule has 0 amide bonds. The summed E-state index contributed by atoms with van der Waals surface area (Å²) in [5.41, 5.74) is 6.39. The number of anilines is 3. The molecule has 1 aromatic carbocycles. The van der Waals surface area contributed by atoms with Crippen LogP contribution in [0, 0.1) is 11.7 Å². The minimum atomic E-state index is -0.474. The van der Waals surface area contributed by atoms with Gasteiger partial charge in [-0.25, -0.2) is 24.3 Å². The molecule has 1 saturated carbocycles. The number of hydrazine groups is 1. The maximum Gasteiger partial charge on any atom is 0.223 e. The van der Waals surface area contributed by atoms with Gasteiger partial charge in [-0.3, -0.25) is 5.01 Å². The van der Waals surface area contributed by atoms with E-state index in [9.17, 15) is 4.39 Å². The standard InChI is InChI=1S/C23H24ClFN8/c1-33-9-8-15(11-29-33)14-2-4-16(5-3-14)31-23-26-12-20-21(32-23)22(28-13-27-20)30-17-6-7-19(25)18(24)10-17/h6-14,16,29H,2-5H2,1H3,(H,26,31,32)(H,27,28,30). The Balaban J connectivity index is 1.28. The van der Waals surface area contributed by atoms with Crippen LogP contribution in [0.4, 0.5) is 21.8 Å². The van der Waals surface area contributed by atoms with Gasteiger partial charge >= 0.3 is 0 Å². The number of rotatable bonds is 5. The molecule has 170 valence electrons. The molecule has 1 aliphatic heterocycles. The van der Waals surface area contributed by atoms with Gasteiger partial charge in [-0.05, 0) is 61.4 Å². The van der Waals surface area contributed by atoms with Crippen LogP contribution in [0.15, 0.2) is 54.8 Å². The minimum Gasteiger partial charge on any atom is -0.351 e. The van der Waals surface area contributed by atoms with Gasteiger partial charge in [-0.15, -0.1) is 0 Å². The van der Waals surface area contributed by atoms with Crippen molar-refractivity contribution in [3.05, 3.63) is 65.6 Å². The van der Waals surface area contributed by atoms with Crippen LogP contribution in [0.3, 0.4) is 0 Å². The van der Waals surface area contributed by atoms with Crippen LogP contribution in [-0.4, -0.2) is 38.0 Å². The Kier molecular flexibility index (Phi) is 5.95. The highest BCUT2D eigenvalue weighted by atomic mass is 35.5. The molecule has 10 heteroatoms. The van der Waals surface area contributed by atoms with E-state index >= 15 is 0 Å². The van der Waals surface area contributed by atoms with Crippen LogP contribution in [0.1, 0.15) is 25.7 Å². The molecule has 1 fully saturated rings. The second-order valence-corrected chi connectivity index (χ2v) is 8.70. The predicted octanol–water partition coefficient (Wildman–Crippen LogP) is 4.77. The first-order chi connectivity index (χ1) is 16.0. The molecule has 0 radical (unpaired) electrons. The number of allylic oxidation sites excluding steroid dienone is 2. The number of aromatic nitrogens is 4. The fourth-order valence-corrected chi connectivity index (χ4v) is 4.38. The van der Waals surface area contributed by atoms with E-state index in [0.29, 0.717) is 40.4 Å². The zero-order valence-electron chi connectivity index (χ0n) is 18.1. The van der Waals surface area contributed by atoms with E-state index in [0.717, 1.165) is 25.7 Å². The van der Waals surface area contributed by atoms with Crippen molar-refractivity contribution in [2.75, 3.05) is 17.7 Å². The number of fused-ring (bicyclic) bond motifs is 1. The Morgan fingerprint density at radius 2 is 2.00 bits per heavy atom. The Bertz CT molecular complexity index is 1220. The van der Waals surface area contributed by atoms with Gasteiger partial charge in [0.15, 0.2) is 5.82 Å². The quantitative estimate of drug-likeness (QED) is 0.495. The molecule has 2 aromatic heterocycles. The molecule has 3 heterocycles. The fraction of sp³-hybridized carbons (Fsp3) is 0.304. The van der Waals surface area contributed by atoms with Gasteiger partial charge in [-0.2, -0.15) is 0 Å². The van der Waals surface area contributed by atoms with Gasteiger partial charge in [-0.1, -0.05) is 11.6 Å². The highest BCUT2D eigenvalue weighted by molar-refractivity contribution is 6.31. The zero-order valence-corrected chi connectivity index (χ0v) is 18.8. The van der Waals surface area contributed by atoms with E-state index in [4.69, 9.17) is 11.6 Å². The molecule has 3 aromatic rings. The molecule has 0 atom stereocenters. The summed E-state index contributed by atoms with van der Waals surface area (Å²) in [6, 6.07) is 4.71. The number of nitrogens with zero attached hydrogens (tertiary/aromatic N) is 5. The van der Waals surface area contributed by atoms with Crippen molar-refractivity contribution in [2.24, 2.45) is 5.92 Å². The van der Waals surface area contributed by atoms with Crippen LogP contribution < -0.4 is 16.1 Å². The highest BCUT2D eigenvalue weighted by Crippen LogP contribution is 2.32. The molecule has 0 spiro atoms. The largest absolute Gasteiger partial charge is 0.351 e. The molecule has 0 bridgehead atoms. The SMILES string of the molecule is CN1C=CC(C2CCC(Nc3ncc4ncnc(Nc5ccc(F)c(Cl)c5)c4n3)CC2)=CN1. The molecule has 8 nitrogen and oxygen atoms in total. The van der Waals surface area contributed by atoms with Gasteiger partial charge in [0, 0.05) is 31.2 Å². The first-order valence-corrected chi connectivity index (χ1v) is 11.3. The third-order valence-electron chi connectivity index (χ3n) is 6.02. The molecule has 0 saturated heterocycles. The lowest BCUT2D eigenvalue weighted by molar-refractivity contribution is 0.351. The Labute approximate surface area is 196 Å². The van der Waals surface area contributed by atoms with Crippen molar-refractivity contribution in [3.63, 3.8) is 0 Å². The smallest absolute Gasteiger partial charge is 0.223 e. The van der Waals surface area contributed by atoms with Gasteiger partial charge < -0.3 is 16.1 Å². The predicted molar refractivity (Wildman–Crippen MR) is 127 cm³/mol. The number of nitrogens with one attached hydrogen (secondary N) is 3. The van der Waals surface area contributed by atoms with Crippen molar-refractivity contribution < 1.29 is 4.39 Å². The summed E-state index contributed by atoms with van der Waals surface area (Å²) >= 11 is 5.90. The average Bonchev–Trinajstić information content (AvgIpc) is 2.83. The van der Waals surface area contributed by atoms with E-state index in [2.05, 4.69) is 54.5 Å². The van der Waals surface area contributed by atoms with E-state index < -0.39 is 5.82 Å². The number of halogens is 2. The molecule has 1 aliphatic carbocycles. The van der Waals surface area contributed by atoms with Gasteiger partial charge in [0.25, 0.3) is 0 Å². The number of hydrogen-bond donors (Lipinski definition) is 3. The summed E-state index contributed by atoms with van der Waals surface area (Å²) in [5, 5.41) is 8.59. The molecule has 33 heavy (non-hydrogen) atoms. The lowest BCUT2D eigenvalue weighted by Crippen LogP contribution is -2.31. The maximum absolute atomic E-state index is 13.5. The third kappa shape index (κ3) is 4.83. The lowest BCUT2D eigenvalue weighted by atomic mass is 9.81. The van der Waals surface area contributed by atoms with Crippen molar-refractivity contribution in [3.8, 4) is 0 Å². The molecule has 5 rings (SSSR count). The summed E-state index contributed by atoms with van der Waals surface area (Å²) in [6.07, 6.45) is 13.7. The van der Waals surface area contributed by atoms with Crippen molar-refractivity contribution in [1.29, 1.82) is 0 Å². The van der Waals surface area contributed by atoms with Crippen molar-refractivity contribution in [1.82, 2.24) is 30.4 Å². The normalized spacial score (nSPS) is 20.3. The average molecular weight is 467 g/mol. The van der Waals surface area contributed by atoms with Crippen molar-refractivity contribution in [2.45, 2.75) is 31.7 Å². The monoisotopic (exact) mass is 466 g/mol. The summed E-state index contributed by atoms with van der Waals surface area (Å²) < 4.78 is 13.5. The summed E-state index contributed by atoms with van der Waals surface area (Å²) in [6.45, 7) is 0. The summed E-state index contributed by atoms with van der Waals surface area (Å²) in [4.78, 5) is 17.7. The third-order valence-corrected chi connectivity index (χ3v) is 6.31. The zero-order chi connectivity index (χ0) is 22.8. The molecule has 0 unspecified atom stereocenters. The van der Waals surface area contributed by atoms with Crippen LogP contribution in [0.25, 0.3) is 11.0 Å². The fourth-order valence-electron chi connectivity index (χ4n) is 4.20. The van der Waals surface area contributed by atoms with Crippen molar-refractivity contribution >= 4 is 40.1 Å². The van der Waals surface area contributed by atoms with Gasteiger partial charge in [0.05, 0.1) is 11.2 Å². The molecule has 2 aliphatic rings. The van der Waals surface area contributed by atoms with Gasteiger partial charge in [0.1, 0.15) is 23.2 Å². The van der Waals surface area contributed by atoms with E-state index in [1.165, 1.54) is 24.0 Å². The number of benzene rings is 1. The molecular formula is C23H24ClFN8. The second kappa shape index (κ2) is 9.19. The van der Waals surface area contributed by atoms with Crippen LogP contribution >= 0.6 is 11.6 Å².